The van der Waals surface area contributed by atoms with Crippen LogP contribution in [0.15, 0.2) is 24.5 Å². The summed E-state index contributed by atoms with van der Waals surface area (Å²) in [7, 11) is 0. The largest absolute Gasteiger partial charge is 0.416 e. The van der Waals surface area contributed by atoms with Crippen molar-refractivity contribution < 1.29 is 13.2 Å². The molecule has 0 aliphatic rings. The van der Waals surface area contributed by atoms with Gasteiger partial charge >= 0.3 is 6.18 Å². The Labute approximate surface area is 83.8 Å². The SMILES string of the molecule is Cc1ncnc2cc(C(F)(F)F)ccc12. The van der Waals surface area contributed by atoms with Crippen molar-refractivity contribution in [2.45, 2.75) is 13.1 Å². The number of nitrogens with zero attached hydrogens (tertiary/aromatic N) is 2. The first-order valence-corrected chi connectivity index (χ1v) is 4.27. The fourth-order valence-corrected chi connectivity index (χ4v) is 1.37. The highest BCUT2D eigenvalue weighted by Gasteiger charge is 2.30. The van der Waals surface area contributed by atoms with Crippen LogP contribution in [0.2, 0.25) is 0 Å². The van der Waals surface area contributed by atoms with Gasteiger partial charge in [0.1, 0.15) is 6.33 Å². The Hall–Kier alpha value is -1.65. The van der Waals surface area contributed by atoms with Gasteiger partial charge in [0, 0.05) is 11.1 Å². The van der Waals surface area contributed by atoms with Crippen molar-refractivity contribution in [2.75, 3.05) is 0 Å². The molecule has 0 radical (unpaired) electrons. The molecule has 5 heteroatoms. The summed E-state index contributed by atoms with van der Waals surface area (Å²) in [5.41, 5.74) is 0.305. The lowest BCUT2D eigenvalue weighted by molar-refractivity contribution is -0.137. The minimum atomic E-state index is -4.33. The molecular formula is C10H7F3N2. The maximum absolute atomic E-state index is 12.4. The van der Waals surface area contributed by atoms with E-state index in [2.05, 4.69) is 9.97 Å². The summed E-state index contributed by atoms with van der Waals surface area (Å²) in [4.78, 5) is 7.71. The molecule has 0 amide bonds. The number of hydrogen-bond acceptors (Lipinski definition) is 2. The summed E-state index contributed by atoms with van der Waals surface area (Å²) in [5.74, 6) is 0. The lowest BCUT2D eigenvalue weighted by Gasteiger charge is -2.07. The van der Waals surface area contributed by atoms with Crippen molar-refractivity contribution in [2.24, 2.45) is 0 Å². The van der Waals surface area contributed by atoms with E-state index in [0.717, 1.165) is 12.1 Å². The first-order valence-electron chi connectivity index (χ1n) is 4.27. The predicted molar refractivity (Wildman–Crippen MR) is 49.3 cm³/mol. The molecule has 0 N–H and O–H groups in total. The van der Waals surface area contributed by atoms with E-state index >= 15 is 0 Å². The molecule has 0 aliphatic heterocycles. The van der Waals surface area contributed by atoms with E-state index in [1.165, 1.54) is 12.4 Å². The number of rotatable bonds is 0. The van der Waals surface area contributed by atoms with Crippen molar-refractivity contribution in [1.82, 2.24) is 9.97 Å². The van der Waals surface area contributed by atoms with E-state index in [1.807, 2.05) is 0 Å². The van der Waals surface area contributed by atoms with E-state index in [-0.39, 0.29) is 0 Å². The second-order valence-corrected chi connectivity index (χ2v) is 3.19. The molecule has 1 heterocycles. The molecule has 78 valence electrons. The summed E-state index contributed by atoms with van der Waals surface area (Å²) >= 11 is 0. The van der Waals surface area contributed by atoms with Crippen molar-refractivity contribution in [3.63, 3.8) is 0 Å². The van der Waals surface area contributed by atoms with Crippen LogP contribution in [-0.4, -0.2) is 9.97 Å². The molecule has 15 heavy (non-hydrogen) atoms. The van der Waals surface area contributed by atoms with Crippen LogP contribution in [0.3, 0.4) is 0 Å². The zero-order chi connectivity index (χ0) is 11.1. The zero-order valence-electron chi connectivity index (χ0n) is 7.84. The van der Waals surface area contributed by atoms with Crippen LogP contribution in [0, 0.1) is 6.92 Å². The Balaban J connectivity index is 2.68. The van der Waals surface area contributed by atoms with Crippen LogP contribution in [0.1, 0.15) is 11.3 Å². The normalized spacial score (nSPS) is 12.0. The van der Waals surface area contributed by atoms with E-state index < -0.39 is 11.7 Å². The van der Waals surface area contributed by atoms with Crippen LogP contribution in [0.25, 0.3) is 10.9 Å². The second kappa shape index (κ2) is 3.18. The lowest BCUT2D eigenvalue weighted by atomic mass is 10.1. The van der Waals surface area contributed by atoms with Gasteiger partial charge in [-0.1, -0.05) is 6.07 Å². The molecule has 0 fully saturated rings. The molecule has 0 spiro atoms. The third-order valence-electron chi connectivity index (χ3n) is 2.16. The average molecular weight is 212 g/mol. The number of benzene rings is 1. The molecule has 1 aromatic heterocycles. The first kappa shape index (κ1) is 9.89. The Morgan fingerprint density at radius 1 is 1.13 bits per heavy atom. The van der Waals surface area contributed by atoms with Crippen molar-refractivity contribution in [3.8, 4) is 0 Å². The molecule has 0 saturated carbocycles. The summed E-state index contributed by atoms with van der Waals surface area (Å²) in [6.07, 6.45) is -3.06. The minimum absolute atomic E-state index is 0.317. The summed E-state index contributed by atoms with van der Waals surface area (Å²) in [6.45, 7) is 1.73. The molecular weight excluding hydrogens is 205 g/mol. The number of hydrogen-bond donors (Lipinski definition) is 0. The quantitative estimate of drug-likeness (QED) is 0.670. The first-order chi connectivity index (χ1) is 6.98. The monoisotopic (exact) mass is 212 g/mol. The fourth-order valence-electron chi connectivity index (χ4n) is 1.37. The fraction of sp³-hybridized carbons (Fsp3) is 0.200. The number of alkyl halides is 3. The molecule has 2 rings (SSSR count). The standard InChI is InChI=1S/C10H7F3N2/c1-6-8-3-2-7(10(11,12)13)4-9(8)15-5-14-6/h2-5H,1H3. The Kier molecular flexibility index (Phi) is 2.10. The third kappa shape index (κ3) is 1.77. The topological polar surface area (TPSA) is 25.8 Å². The maximum Gasteiger partial charge on any atom is 0.416 e. The number of aryl methyl sites for hydroxylation is 1. The van der Waals surface area contributed by atoms with Gasteiger partial charge in [-0.05, 0) is 19.1 Å². The van der Waals surface area contributed by atoms with Crippen molar-refractivity contribution >= 4 is 10.9 Å². The van der Waals surface area contributed by atoms with Crippen molar-refractivity contribution in [3.05, 3.63) is 35.8 Å². The number of aromatic nitrogens is 2. The molecule has 0 unspecified atom stereocenters. The molecule has 0 saturated heterocycles. The van der Waals surface area contributed by atoms with Gasteiger partial charge in [-0.2, -0.15) is 13.2 Å². The van der Waals surface area contributed by atoms with Crippen molar-refractivity contribution in [1.29, 1.82) is 0 Å². The van der Waals surface area contributed by atoms with Crippen LogP contribution in [0.4, 0.5) is 13.2 Å². The molecule has 1 aromatic carbocycles. The van der Waals surface area contributed by atoms with Crippen LogP contribution >= 0.6 is 0 Å². The van der Waals surface area contributed by atoms with Gasteiger partial charge in [-0.3, -0.25) is 0 Å². The number of fused-ring (bicyclic) bond motifs is 1. The smallest absolute Gasteiger partial charge is 0.241 e. The number of halogens is 3. The maximum atomic E-state index is 12.4. The summed E-state index contributed by atoms with van der Waals surface area (Å²) < 4.78 is 37.1. The molecule has 0 atom stereocenters. The molecule has 2 nitrogen and oxygen atoms in total. The Morgan fingerprint density at radius 3 is 2.53 bits per heavy atom. The zero-order valence-corrected chi connectivity index (χ0v) is 7.84. The van der Waals surface area contributed by atoms with Crippen LogP contribution < -0.4 is 0 Å². The van der Waals surface area contributed by atoms with Gasteiger partial charge < -0.3 is 0 Å². The van der Waals surface area contributed by atoms with Gasteiger partial charge in [0.05, 0.1) is 11.1 Å². The highest BCUT2D eigenvalue weighted by molar-refractivity contribution is 5.81. The van der Waals surface area contributed by atoms with E-state index in [1.54, 1.807) is 6.92 Å². The van der Waals surface area contributed by atoms with E-state index in [4.69, 9.17) is 0 Å². The van der Waals surface area contributed by atoms with Gasteiger partial charge in [0.2, 0.25) is 0 Å². The summed E-state index contributed by atoms with van der Waals surface area (Å²) in [5, 5.41) is 0.644. The highest BCUT2D eigenvalue weighted by Crippen LogP contribution is 2.31. The molecule has 0 aliphatic carbocycles. The van der Waals surface area contributed by atoms with Gasteiger partial charge in [0.15, 0.2) is 0 Å². The van der Waals surface area contributed by atoms with Crippen LogP contribution in [0.5, 0.6) is 0 Å². The van der Waals surface area contributed by atoms with E-state index in [9.17, 15) is 13.2 Å². The highest BCUT2D eigenvalue weighted by atomic mass is 19.4. The minimum Gasteiger partial charge on any atom is -0.241 e. The third-order valence-corrected chi connectivity index (χ3v) is 2.16. The van der Waals surface area contributed by atoms with Gasteiger partial charge in [-0.15, -0.1) is 0 Å². The second-order valence-electron chi connectivity index (χ2n) is 3.19. The predicted octanol–water partition coefficient (Wildman–Crippen LogP) is 2.96. The van der Waals surface area contributed by atoms with Crippen LogP contribution in [-0.2, 0) is 6.18 Å². The van der Waals surface area contributed by atoms with E-state index in [0.29, 0.717) is 16.6 Å². The molecule has 0 bridgehead atoms. The lowest BCUT2D eigenvalue weighted by Crippen LogP contribution is -2.04. The van der Waals surface area contributed by atoms with Gasteiger partial charge in [0.25, 0.3) is 0 Å². The molecule has 2 aromatic rings. The summed E-state index contributed by atoms with van der Waals surface area (Å²) in [6, 6.07) is 3.47. The Morgan fingerprint density at radius 2 is 1.87 bits per heavy atom. The van der Waals surface area contributed by atoms with Gasteiger partial charge in [-0.25, -0.2) is 9.97 Å². The Bertz CT molecular complexity index is 505. The average Bonchev–Trinajstić information content (AvgIpc) is 2.16.